The lowest BCUT2D eigenvalue weighted by molar-refractivity contribution is 0.477. The number of hydrogen-bond donors (Lipinski definition) is 2. The van der Waals surface area contributed by atoms with Gasteiger partial charge in [-0.2, -0.15) is 0 Å². The Labute approximate surface area is 275 Å². The Kier molecular flexibility index (Phi) is 7.20. The van der Waals surface area contributed by atoms with Gasteiger partial charge in [-0.25, -0.2) is 9.97 Å². The van der Waals surface area contributed by atoms with Gasteiger partial charge in [-0.15, -0.1) is 0 Å². The predicted octanol–water partition coefficient (Wildman–Crippen LogP) is 9.51. The summed E-state index contributed by atoms with van der Waals surface area (Å²) >= 11 is 0. The molecular formula is C41H38N4O2. The van der Waals surface area contributed by atoms with Crippen molar-refractivity contribution in [2.24, 2.45) is 0 Å². The number of pyridine rings is 4. The van der Waals surface area contributed by atoms with Gasteiger partial charge in [-0.1, -0.05) is 65.8 Å². The summed E-state index contributed by atoms with van der Waals surface area (Å²) < 4.78 is 0. The van der Waals surface area contributed by atoms with Crippen molar-refractivity contribution in [2.45, 2.75) is 58.8 Å². The molecule has 0 unspecified atom stereocenters. The summed E-state index contributed by atoms with van der Waals surface area (Å²) in [6.45, 7) is 13.0. The molecule has 6 aromatic rings. The highest BCUT2D eigenvalue weighted by molar-refractivity contribution is 5.85. The standard InChI is InChI=1S/C41H38N4O2/c1-40(2,3)26-20-28(32-11-7-9-17-42-32)38(46)30(22-26)34-15-13-24-19-25-14-16-35(45-37(25)36(24)44-34)31-23-27(41(4,5)6)21-29(39(31)47)33-12-8-10-18-43-33/h7-18,20-23,46-47H,19H2,1-6H3. The number of rotatable bonds is 4. The lowest BCUT2D eigenvalue weighted by atomic mass is 9.83. The molecule has 47 heavy (non-hydrogen) atoms. The van der Waals surface area contributed by atoms with Crippen molar-refractivity contribution in [2.75, 3.05) is 0 Å². The number of fused-ring (bicyclic) bond motifs is 3. The van der Waals surface area contributed by atoms with E-state index in [9.17, 15) is 10.2 Å². The van der Waals surface area contributed by atoms with Crippen LogP contribution >= 0.6 is 0 Å². The normalized spacial score (nSPS) is 12.6. The number of phenolic OH excluding ortho intramolecular Hbond substituents is 2. The van der Waals surface area contributed by atoms with Gasteiger partial charge in [0.15, 0.2) is 0 Å². The van der Waals surface area contributed by atoms with Crippen molar-refractivity contribution in [3.05, 3.63) is 120 Å². The molecule has 0 atom stereocenters. The molecule has 0 saturated carbocycles. The van der Waals surface area contributed by atoms with Crippen LogP contribution in [0.15, 0.2) is 97.3 Å². The maximum absolute atomic E-state index is 11.6. The van der Waals surface area contributed by atoms with Crippen molar-refractivity contribution >= 4 is 0 Å². The van der Waals surface area contributed by atoms with Gasteiger partial charge in [0.05, 0.1) is 34.2 Å². The number of benzene rings is 2. The fraction of sp³-hybridized carbons (Fsp3) is 0.220. The molecule has 0 aliphatic heterocycles. The van der Waals surface area contributed by atoms with Crippen LogP contribution in [0.25, 0.3) is 56.4 Å². The molecule has 6 nitrogen and oxygen atoms in total. The number of nitrogens with zero attached hydrogens (tertiary/aromatic N) is 4. The predicted molar refractivity (Wildman–Crippen MR) is 188 cm³/mol. The zero-order valence-corrected chi connectivity index (χ0v) is 27.6. The third kappa shape index (κ3) is 5.54. The van der Waals surface area contributed by atoms with Gasteiger partial charge >= 0.3 is 0 Å². The van der Waals surface area contributed by atoms with Crippen LogP contribution in [-0.4, -0.2) is 30.1 Å². The molecule has 0 bridgehead atoms. The topological polar surface area (TPSA) is 92.0 Å². The van der Waals surface area contributed by atoms with Crippen LogP contribution in [0.2, 0.25) is 0 Å². The van der Waals surface area contributed by atoms with E-state index in [1.54, 1.807) is 12.4 Å². The van der Waals surface area contributed by atoms with Gasteiger partial charge in [0.2, 0.25) is 0 Å². The summed E-state index contributed by atoms with van der Waals surface area (Å²) in [5.74, 6) is 0.296. The third-order valence-corrected chi connectivity index (χ3v) is 8.95. The summed E-state index contributed by atoms with van der Waals surface area (Å²) in [7, 11) is 0. The Hall–Kier alpha value is -5.36. The minimum absolute atomic E-state index is 0.148. The molecule has 7 rings (SSSR count). The van der Waals surface area contributed by atoms with Gasteiger partial charge in [0.1, 0.15) is 11.5 Å². The Morgan fingerprint density at radius 1 is 0.489 bits per heavy atom. The molecule has 1 aliphatic rings. The van der Waals surface area contributed by atoms with E-state index in [1.807, 2.05) is 72.8 Å². The van der Waals surface area contributed by atoms with Crippen LogP contribution in [0, 0.1) is 0 Å². The van der Waals surface area contributed by atoms with Crippen LogP contribution in [0.1, 0.15) is 63.8 Å². The summed E-state index contributed by atoms with van der Waals surface area (Å²) in [4.78, 5) is 19.4. The zero-order valence-electron chi connectivity index (χ0n) is 27.6. The van der Waals surface area contributed by atoms with Gasteiger partial charge in [-0.3, -0.25) is 9.97 Å². The number of aromatic hydroxyl groups is 2. The second kappa shape index (κ2) is 11.2. The smallest absolute Gasteiger partial charge is 0.134 e. The summed E-state index contributed by atoms with van der Waals surface area (Å²) in [6, 6.07) is 27.6. The SMILES string of the molecule is CC(C)(C)c1cc(-c2ccccn2)c(O)c(-c2ccc3c(n2)-c2nc(-c4cc(C(C)(C)C)cc(-c5ccccn5)c4O)ccc2C3)c1. The molecular weight excluding hydrogens is 580 g/mol. The van der Waals surface area contributed by atoms with E-state index in [0.29, 0.717) is 51.5 Å². The van der Waals surface area contributed by atoms with Crippen LogP contribution < -0.4 is 0 Å². The van der Waals surface area contributed by atoms with Crippen LogP contribution in [0.5, 0.6) is 11.5 Å². The molecule has 0 spiro atoms. The van der Waals surface area contributed by atoms with E-state index < -0.39 is 0 Å². The van der Waals surface area contributed by atoms with Crippen molar-refractivity contribution < 1.29 is 10.2 Å². The molecule has 4 aromatic heterocycles. The molecule has 1 aliphatic carbocycles. The summed E-state index contributed by atoms with van der Waals surface area (Å²) in [5, 5.41) is 23.3. The molecule has 2 N–H and O–H groups in total. The highest BCUT2D eigenvalue weighted by Crippen LogP contribution is 2.45. The first-order chi connectivity index (χ1) is 22.4. The lowest BCUT2D eigenvalue weighted by Gasteiger charge is -2.22. The van der Waals surface area contributed by atoms with E-state index in [2.05, 4.69) is 63.6 Å². The molecule has 0 fully saturated rings. The van der Waals surface area contributed by atoms with Crippen molar-refractivity contribution in [3.63, 3.8) is 0 Å². The van der Waals surface area contributed by atoms with Crippen LogP contribution in [0.3, 0.4) is 0 Å². The Morgan fingerprint density at radius 3 is 1.21 bits per heavy atom. The van der Waals surface area contributed by atoms with Gasteiger partial charge in [0, 0.05) is 41.1 Å². The highest BCUT2D eigenvalue weighted by Gasteiger charge is 2.27. The first kappa shape index (κ1) is 30.3. The molecule has 0 saturated heterocycles. The van der Waals surface area contributed by atoms with Crippen molar-refractivity contribution in [1.82, 2.24) is 19.9 Å². The summed E-state index contributed by atoms with van der Waals surface area (Å²) in [6.07, 6.45) is 4.19. The number of hydrogen-bond acceptors (Lipinski definition) is 6. The fourth-order valence-electron chi connectivity index (χ4n) is 6.14. The average molecular weight is 619 g/mol. The Balaban J connectivity index is 1.37. The zero-order chi connectivity index (χ0) is 33.1. The molecule has 2 aromatic carbocycles. The average Bonchev–Trinajstić information content (AvgIpc) is 3.42. The van der Waals surface area contributed by atoms with Crippen LogP contribution in [-0.2, 0) is 17.3 Å². The number of phenols is 2. The van der Waals surface area contributed by atoms with Crippen molar-refractivity contribution in [1.29, 1.82) is 0 Å². The maximum atomic E-state index is 11.6. The Morgan fingerprint density at radius 2 is 0.872 bits per heavy atom. The second-order valence-electron chi connectivity index (χ2n) is 14.4. The van der Waals surface area contributed by atoms with Gasteiger partial charge < -0.3 is 10.2 Å². The minimum atomic E-state index is -0.163. The second-order valence-corrected chi connectivity index (χ2v) is 14.4. The van der Waals surface area contributed by atoms with E-state index in [-0.39, 0.29) is 22.3 Å². The van der Waals surface area contributed by atoms with E-state index in [4.69, 9.17) is 9.97 Å². The largest absolute Gasteiger partial charge is 0.507 e. The van der Waals surface area contributed by atoms with Crippen molar-refractivity contribution in [3.8, 4) is 67.9 Å². The molecule has 4 heterocycles. The van der Waals surface area contributed by atoms with E-state index >= 15 is 0 Å². The van der Waals surface area contributed by atoms with Gasteiger partial charge in [0.25, 0.3) is 0 Å². The monoisotopic (exact) mass is 618 g/mol. The number of aromatic nitrogens is 4. The first-order valence-electron chi connectivity index (χ1n) is 16.0. The molecule has 234 valence electrons. The summed E-state index contributed by atoms with van der Waals surface area (Å²) in [5.41, 5.74) is 11.0. The highest BCUT2D eigenvalue weighted by atomic mass is 16.3. The van der Waals surface area contributed by atoms with Crippen LogP contribution in [0.4, 0.5) is 0 Å². The van der Waals surface area contributed by atoms with Gasteiger partial charge in [-0.05, 0) is 93.7 Å². The Bertz CT molecular complexity index is 1990. The first-order valence-corrected chi connectivity index (χ1v) is 16.0. The minimum Gasteiger partial charge on any atom is -0.507 e. The maximum Gasteiger partial charge on any atom is 0.134 e. The third-order valence-electron chi connectivity index (χ3n) is 8.95. The van der Waals surface area contributed by atoms with E-state index in [1.165, 1.54) is 0 Å². The molecule has 0 radical (unpaired) electrons. The lowest BCUT2D eigenvalue weighted by Crippen LogP contribution is -2.11. The fourth-order valence-corrected chi connectivity index (χ4v) is 6.14. The van der Waals surface area contributed by atoms with E-state index in [0.717, 1.165) is 33.6 Å². The quantitative estimate of drug-likeness (QED) is 0.204. The molecule has 6 heteroatoms. The molecule has 0 amide bonds.